The first-order valence-electron chi connectivity index (χ1n) is 5.74. The molecule has 0 saturated carbocycles. The maximum Gasteiger partial charge on any atom is 0.119 e. The van der Waals surface area contributed by atoms with Crippen molar-refractivity contribution in [2.45, 2.75) is 19.4 Å². The Kier molecular flexibility index (Phi) is 6.61. The second-order valence-electron chi connectivity index (χ2n) is 3.77. The number of para-hydroxylation sites is 1. The highest BCUT2D eigenvalue weighted by atomic mass is 16.5. The first kappa shape index (κ1) is 13.0. The van der Waals surface area contributed by atoms with E-state index in [1.165, 1.54) is 0 Å². The lowest BCUT2D eigenvalue weighted by Crippen LogP contribution is -2.27. The molecule has 0 spiro atoms. The van der Waals surface area contributed by atoms with Crippen LogP contribution in [0.2, 0.25) is 0 Å². The number of ether oxygens (including phenoxy) is 2. The van der Waals surface area contributed by atoms with Gasteiger partial charge in [0, 0.05) is 13.7 Å². The molecule has 0 bridgehead atoms. The largest absolute Gasteiger partial charge is 0.494 e. The lowest BCUT2D eigenvalue weighted by Gasteiger charge is -2.10. The summed E-state index contributed by atoms with van der Waals surface area (Å²) in [4.78, 5) is 0. The molecule has 0 amide bonds. The fourth-order valence-corrected chi connectivity index (χ4v) is 1.29. The summed E-state index contributed by atoms with van der Waals surface area (Å²) < 4.78 is 10.7. The van der Waals surface area contributed by atoms with Gasteiger partial charge in [-0.05, 0) is 32.0 Å². The Bertz CT molecular complexity index is 264. The fourth-order valence-electron chi connectivity index (χ4n) is 1.29. The van der Waals surface area contributed by atoms with Crippen molar-refractivity contribution in [3.8, 4) is 5.75 Å². The van der Waals surface area contributed by atoms with Gasteiger partial charge < -0.3 is 14.8 Å². The van der Waals surface area contributed by atoms with Gasteiger partial charge in [-0.2, -0.15) is 0 Å². The molecule has 0 saturated heterocycles. The van der Waals surface area contributed by atoms with Crippen molar-refractivity contribution >= 4 is 0 Å². The SMILES string of the molecule is COC(C)CNCCCOc1ccccc1. The maximum absolute atomic E-state index is 5.57. The van der Waals surface area contributed by atoms with E-state index >= 15 is 0 Å². The quantitative estimate of drug-likeness (QED) is 0.684. The molecule has 0 aromatic heterocycles. The molecule has 3 nitrogen and oxygen atoms in total. The Morgan fingerprint density at radius 2 is 2.00 bits per heavy atom. The standard InChI is InChI=1S/C13H21NO2/c1-12(15-2)11-14-9-6-10-16-13-7-4-3-5-8-13/h3-5,7-8,12,14H,6,9-11H2,1-2H3. The number of hydrogen-bond donors (Lipinski definition) is 1. The molecule has 1 aromatic carbocycles. The van der Waals surface area contributed by atoms with E-state index in [-0.39, 0.29) is 6.10 Å². The number of hydrogen-bond acceptors (Lipinski definition) is 3. The first-order chi connectivity index (χ1) is 7.83. The molecule has 0 aliphatic carbocycles. The van der Waals surface area contributed by atoms with Crippen LogP contribution in [0.5, 0.6) is 5.75 Å². The Balaban J connectivity index is 1.96. The van der Waals surface area contributed by atoms with Crippen LogP contribution in [0, 0.1) is 0 Å². The van der Waals surface area contributed by atoms with Crippen LogP contribution >= 0.6 is 0 Å². The van der Waals surface area contributed by atoms with Gasteiger partial charge in [0.25, 0.3) is 0 Å². The summed E-state index contributed by atoms with van der Waals surface area (Å²) in [6, 6.07) is 9.89. The van der Waals surface area contributed by atoms with Crippen molar-refractivity contribution in [3.63, 3.8) is 0 Å². The summed E-state index contributed by atoms with van der Waals surface area (Å²) in [6.45, 7) is 4.65. The fraction of sp³-hybridized carbons (Fsp3) is 0.538. The smallest absolute Gasteiger partial charge is 0.119 e. The van der Waals surface area contributed by atoms with Crippen molar-refractivity contribution in [2.75, 3.05) is 26.8 Å². The molecule has 0 fully saturated rings. The Morgan fingerprint density at radius 3 is 2.69 bits per heavy atom. The average molecular weight is 223 g/mol. The zero-order valence-corrected chi connectivity index (χ0v) is 10.1. The lowest BCUT2D eigenvalue weighted by molar-refractivity contribution is 0.117. The van der Waals surface area contributed by atoms with Gasteiger partial charge in [0.15, 0.2) is 0 Å². The third-order valence-electron chi connectivity index (χ3n) is 2.34. The van der Waals surface area contributed by atoms with Gasteiger partial charge >= 0.3 is 0 Å². The van der Waals surface area contributed by atoms with Crippen molar-refractivity contribution in [3.05, 3.63) is 30.3 Å². The number of rotatable bonds is 8. The highest BCUT2D eigenvalue weighted by Gasteiger charge is 1.97. The average Bonchev–Trinajstić information content (AvgIpc) is 2.34. The summed E-state index contributed by atoms with van der Waals surface area (Å²) in [7, 11) is 1.73. The Hall–Kier alpha value is -1.06. The summed E-state index contributed by atoms with van der Waals surface area (Å²) in [5.74, 6) is 0.938. The summed E-state index contributed by atoms with van der Waals surface area (Å²) in [5, 5.41) is 3.32. The van der Waals surface area contributed by atoms with Gasteiger partial charge in [-0.3, -0.25) is 0 Å². The molecule has 0 radical (unpaired) electrons. The molecular formula is C13H21NO2. The van der Waals surface area contributed by atoms with Gasteiger partial charge in [0.2, 0.25) is 0 Å². The van der Waals surface area contributed by atoms with E-state index in [1.807, 2.05) is 37.3 Å². The van der Waals surface area contributed by atoms with Crippen LogP contribution in [-0.4, -0.2) is 32.9 Å². The van der Waals surface area contributed by atoms with Crippen LogP contribution in [0.15, 0.2) is 30.3 Å². The number of benzene rings is 1. The third kappa shape index (κ3) is 5.73. The molecule has 1 aromatic rings. The summed E-state index contributed by atoms with van der Waals surface area (Å²) in [5.41, 5.74) is 0. The van der Waals surface area contributed by atoms with Crippen LogP contribution in [-0.2, 0) is 4.74 Å². The molecule has 3 heteroatoms. The van der Waals surface area contributed by atoms with E-state index < -0.39 is 0 Å². The normalized spacial score (nSPS) is 12.4. The van der Waals surface area contributed by atoms with Gasteiger partial charge in [-0.25, -0.2) is 0 Å². The lowest BCUT2D eigenvalue weighted by atomic mass is 10.3. The first-order valence-corrected chi connectivity index (χ1v) is 5.74. The van der Waals surface area contributed by atoms with Gasteiger partial charge in [-0.15, -0.1) is 0 Å². The second-order valence-corrected chi connectivity index (χ2v) is 3.77. The molecule has 16 heavy (non-hydrogen) atoms. The van der Waals surface area contributed by atoms with Gasteiger partial charge in [-0.1, -0.05) is 18.2 Å². The zero-order valence-electron chi connectivity index (χ0n) is 10.1. The van der Waals surface area contributed by atoms with Crippen LogP contribution in [0.3, 0.4) is 0 Å². The number of methoxy groups -OCH3 is 1. The zero-order chi connectivity index (χ0) is 11.6. The molecule has 0 aliphatic rings. The predicted octanol–water partition coefficient (Wildman–Crippen LogP) is 2.08. The Morgan fingerprint density at radius 1 is 1.25 bits per heavy atom. The predicted molar refractivity (Wildman–Crippen MR) is 65.9 cm³/mol. The van der Waals surface area contributed by atoms with Crippen molar-refractivity contribution in [2.24, 2.45) is 0 Å². The van der Waals surface area contributed by atoms with E-state index in [4.69, 9.17) is 9.47 Å². The van der Waals surface area contributed by atoms with E-state index in [2.05, 4.69) is 5.32 Å². The molecular weight excluding hydrogens is 202 g/mol. The van der Waals surface area contributed by atoms with Crippen molar-refractivity contribution < 1.29 is 9.47 Å². The minimum absolute atomic E-state index is 0.273. The van der Waals surface area contributed by atoms with E-state index in [1.54, 1.807) is 7.11 Å². The molecule has 0 aliphatic heterocycles. The van der Waals surface area contributed by atoms with Gasteiger partial charge in [0.1, 0.15) is 5.75 Å². The van der Waals surface area contributed by atoms with Crippen LogP contribution in [0.25, 0.3) is 0 Å². The maximum atomic E-state index is 5.57. The third-order valence-corrected chi connectivity index (χ3v) is 2.34. The van der Waals surface area contributed by atoms with Crippen LogP contribution < -0.4 is 10.1 Å². The van der Waals surface area contributed by atoms with E-state index in [0.29, 0.717) is 0 Å². The topological polar surface area (TPSA) is 30.5 Å². The number of nitrogens with one attached hydrogen (secondary N) is 1. The van der Waals surface area contributed by atoms with E-state index in [9.17, 15) is 0 Å². The molecule has 1 unspecified atom stereocenters. The minimum Gasteiger partial charge on any atom is -0.494 e. The second kappa shape index (κ2) is 8.13. The monoisotopic (exact) mass is 223 g/mol. The summed E-state index contributed by atoms with van der Waals surface area (Å²) in [6.07, 6.45) is 1.28. The van der Waals surface area contributed by atoms with E-state index in [0.717, 1.165) is 31.9 Å². The molecule has 1 atom stereocenters. The van der Waals surface area contributed by atoms with Crippen molar-refractivity contribution in [1.82, 2.24) is 5.32 Å². The van der Waals surface area contributed by atoms with Gasteiger partial charge in [0.05, 0.1) is 12.7 Å². The summed E-state index contributed by atoms with van der Waals surface area (Å²) >= 11 is 0. The molecule has 1 N–H and O–H groups in total. The van der Waals surface area contributed by atoms with Crippen molar-refractivity contribution in [1.29, 1.82) is 0 Å². The highest BCUT2D eigenvalue weighted by Crippen LogP contribution is 2.07. The molecule has 0 heterocycles. The highest BCUT2D eigenvalue weighted by molar-refractivity contribution is 5.20. The van der Waals surface area contributed by atoms with Crippen LogP contribution in [0.1, 0.15) is 13.3 Å². The molecule has 1 rings (SSSR count). The van der Waals surface area contributed by atoms with Crippen LogP contribution in [0.4, 0.5) is 0 Å². The molecule has 90 valence electrons. The minimum atomic E-state index is 0.273. The Labute approximate surface area is 97.8 Å².